The SMILES string of the molecule is CCN1CCN(C2CCN(C[C@@H](O)c3ccc(OC)cc3)CC2)C1=O. The Labute approximate surface area is 150 Å². The number of β-amino-alcohol motifs (C(OH)–C–C–N with tert-alkyl or cyclic N) is 1. The van der Waals surface area contributed by atoms with Crippen molar-refractivity contribution in [2.45, 2.75) is 31.9 Å². The largest absolute Gasteiger partial charge is 0.497 e. The Bertz CT molecular complexity index is 570. The van der Waals surface area contributed by atoms with E-state index in [-0.39, 0.29) is 6.03 Å². The number of piperidine rings is 1. The quantitative estimate of drug-likeness (QED) is 0.855. The highest BCUT2D eigenvalue weighted by Crippen LogP contribution is 2.24. The lowest BCUT2D eigenvalue weighted by molar-refractivity contribution is 0.0785. The zero-order valence-electron chi connectivity index (χ0n) is 15.2. The van der Waals surface area contributed by atoms with Gasteiger partial charge in [-0.1, -0.05) is 12.1 Å². The highest BCUT2D eigenvalue weighted by atomic mass is 16.5. The number of amides is 2. The summed E-state index contributed by atoms with van der Waals surface area (Å²) in [7, 11) is 1.64. The van der Waals surface area contributed by atoms with E-state index in [0.29, 0.717) is 12.6 Å². The minimum atomic E-state index is -0.494. The third-order valence-corrected chi connectivity index (χ3v) is 5.44. The van der Waals surface area contributed by atoms with Crippen LogP contribution in [0.2, 0.25) is 0 Å². The number of hydrogen-bond acceptors (Lipinski definition) is 4. The minimum Gasteiger partial charge on any atom is -0.497 e. The number of likely N-dealkylation sites (N-methyl/N-ethyl adjacent to an activating group) is 1. The van der Waals surface area contributed by atoms with Gasteiger partial charge in [-0.25, -0.2) is 4.79 Å². The molecule has 1 aromatic carbocycles. The van der Waals surface area contributed by atoms with Crippen molar-refractivity contribution in [2.75, 3.05) is 46.4 Å². The van der Waals surface area contributed by atoms with E-state index in [1.54, 1.807) is 7.11 Å². The smallest absolute Gasteiger partial charge is 0.320 e. The summed E-state index contributed by atoms with van der Waals surface area (Å²) >= 11 is 0. The monoisotopic (exact) mass is 347 g/mol. The summed E-state index contributed by atoms with van der Waals surface area (Å²) in [5.74, 6) is 0.799. The average Bonchev–Trinajstić information content (AvgIpc) is 3.03. The fourth-order valence-corrected chi connectivity index (χ4v) is 3.82. The standard InChI is InChI=1S/C19H29N3O3/c1-3-21-12-13-22(19(21)24)16-8-10-20(11-9-16)14-18(23)15-4-6-17(25-2)7-5-15/h4-7,16,18,23H,3,8-14H2,1-2H3/t18-/m1/s1. The molecule has 0 aliphatic carbocycles. The third-order valence-electron chi connectivity index (χ3n) is 5.44. The molecule has 25 heavy (non-hydrogen) atoms. The van der Waals surface area contributed by atoms with Crippen molar-refractivity contribution < 1.29 is 14.6 Å². The van der Waals surface area contributed by atoms with Gasteiger partial charge in [0, 0.05) is 45.3 Å². The number of benzene rings is 1. The van der Waals surface area contributed by atoms with Crippen molar-refractivity contribution in [3.8, 4) is 5.75 Å². The van der Waals surface area contributed by atoms with Gasteiger partial charge in [0.15, 0.2) is 0 Å². The molecule has 138 valence electrons. The van der Waals surface area contributed by atoms with Crippen LogP contribution in [0.5, 0.6) is 5.75 Å². The normalized spacial score (nSPS) is 21.0. The Kier molecular flexibility index (Phi) is 5.81. The number of urea groups is 1. The van der Waals surface area contributed by atoms with Crippen molar-refractivity contribution in [2.24, 2.45) is 0 Å². The van der Waals surface area contributed by atoms with Gasteiger partial charge in [0.05, 0.1) is 13.2 Å². The number of carbonyl (C=O) groups excluding carboxylic acids is 1. The molecule has 2 heterocycles. The lowest BCUT2D eigenvalue weighted by Crippen LogP contribution is -2.47. The second kappa shape index (κ2) is 8.06. The molecule has 0 aromatic heterocycles. The molecule has 0 spiro atoms. The molecule has 6 heteroatoms. The van der Waals surface area contributed by atoms with Crippen LogP contribution in [0, 0.1) is 0 Å². The second-order valence-electron chi connectivity index (χ2n) is 6.88. The maximum absolute atomic E-state index is 12.3. The molecule has 2 aliphatic heterocycles. The van der Waals surface area contributed by atoms with Gasteiger partial charge >= 0.3 is 6.03 Å². The van der Waals surface area contributed by atoms with Crippen LogP contribution < -0.4 is 4.74 Å². The molecule has 2 aliphatic rings. The van der Waals surface area contributed by atoms with Gasteiger partial charge in [-0.05, 0) is 37.5 Å². The predicted octanol–water partition coefficient (Wildman–Crippen LogP) is 1.95. The van der Waals surface area contributed by atoms with Crippen LogP contribution in [-0.4, -0.2) is 78.3 Å². The Balaban J connectivity index is 1.48. The van der Waals surface area contributed by atoms with Gasteiger partial charge < -0.3 is 24.5 Å². The first-order valence-corrected chi connectivity index (χ1v) is 9.22. The Morgan fingerprint density at radius 2 is 1.84 bits per heavy atom. The molecular formula is C19H29N3O3. The number of aliphatic hydroxyl groups excluding tert-OH is 1. The number of ether oxygens (including phenoxy) is 1. The molecule has 2 amide bonds. The molecule has 2 saturated heterocycles. The summed E-state index contributed by atoms with van der Waals surface area (Å²) in [6, 6.07) is 8.13. The number of nitrogens with zero attached hydrogens (tertiary/aromatic N) is 3. The van der Waals surface area contributed by atoms with E-state index >= 15 is 0 Å². The summed E-state index contributed by atoms with van der Waals surface area (Å²) in [6.45, 7) is 7.01. The molecule has 2 fully saturated rings. The average molecular weight is 347 g/mol. The molecular weight excluding hydrogens is 318 g/mol. The van der Waals surface area contributed by atoms with Crippen LogP contribution in [0.3, 0.4) is 0 Å². The van der Waals surface area contributed by atoms with Crippen LogP contribution in [0.4, 0.5) is 4.79 Å². The molecule has 1 atom stereocenters. The van der Waals surface area contributed by atoms with E-state index in [1.165, 1.54) is 0 Å². The van der Waals surface area contributed by atoms with Crippen molar-refractivity contribution in [3.05, 3.63) is 29.8 Å². The highest BCUT2D eigenvalue weighted by molar-refractivity contribution is 5.76. The Hall–Kier alpha value is -1.79. The van der Waals surface area contributed by atoms with Gasteiger partial charge in [0.2, 0.25) is 0 Å². The highest BCUT2D eigenvalue weighted by Gasteiger charge is 2.34. The molecule has 1 aromatic rings. The summed E-state index contributed by atoms with van der Waals surface area (Å²) in [6.07, 6.45) is 1.48. The van der Waals surface area contributed by atoms with Crippen molar-refractivity contribution in [3.63, 3.8) is 0 Å². The number of methoxy groups -OCH3 is 1. The first kappa shape index (κ1) is 18.0. The summed E-state index contributed by atoms with van der Waals surface area (Å²) in [5.41, 5.74) is 0.913. The van der Waals surface area contributed by atoms with Gasteiger partial charge in [0.25, 0.3) is 0 Å². The maximum Gasteiger partial charge on any atom is 0.320 e. The maximum atomic E-state index is 12.3. The minimum absolute atomic E-state index is 0.194. The first-order chi connectivity index (χ1) is 12.1. The number of carbonyl (C=O) groups is 1. The van der Waals surface area contributed by atoms with Crippen LogP contribution >= 0.6 is 0 Å². The zero-order chi connectivity index (χ0) is 17.8. The topological polar surface area (TPSA) is 56.3 Å². The van der Waals surface area contributed by atoms with Crippen LogP contribution in [0.25, 0.3) is 0 Å². The fraction of sp³-hybridized carbons (Fsp3) is 0.632. The fourth-order valence-electron chi connectivity index (χ4n) is 3.82. The number of rotatable bonds is 6. The van der Waals surface area contributed by atoms with Crippen molar-refractivity contribution in [1.82, 2.24) is 14.7 Å². The molecule has 0 unspecified atom stereocenters. The number of hydrogen-bond donors (Lipinski definition) is 1. The molecule has 3 rings (SSSR count). The van der Waals surface area contributed by atoms with Crippen LogP contribution in [0.15, 0.2) is 24.3 Å². The molecule has 0 saturated carbocycles. The van der Waals surface area contributed by atoms with E-state index in [2.05, 4.69) is 4.90 Å². The number of likely N-dealkylation sites (tertiary alicyclic amines) is 1. The van der Waals surface area contributed by atoms with E-state index in [1.807, 2.05) is 41.0 Å². The van der Waals surface area contributed by atoms with Gasteiger partial charge in [0.1, 0.15) is 5.75 Å². The van der Waals surface area contributed by atoms with Gasteiger partial charge in [-0.2, -0.15) is 0 Å². The van der Waals surface area contributed by atoms with Crippen molar-refractivity contribution >= 4 is 6.03 Å². The molecule has 1 N–H and O–H groups in total. The van der Waals surface area contributed by atoms with Crippen LogP contribution in [-0.2, 0) is 0 Å². The predicted molar refractivity (Wildman–Crippen MR) is 96.8 cm³/mol. The first-order valence-electron chi connectivity index (χ1n) is 9.22. The van der Waals surface area contributed by atoms with Crippen molar-refractivity contribution in [1.29, 1.82) is 0 Å². The molecule has 6 nitrogen and oxygen atoms in total. The van der Waals surface area contributed by atoms with Gasteiger partial charge in [-0.15, -0.1) is 0 Å². The van der Waals surface area contributed by atoms with E-state index in [0.717, 1.165) is 56.9 Å². The second-order valence-corrected chi connectivity index (χ2v) is 6.88. The molecule has 0 radical (unpaired) electrons. The summed E-state index contributed by atoms with van der Waals surface area (Å²) in [5, 5.41) is 10.5. The summed E-state index contributed by atoms with van der Waals surface area (Å²) < 4.78 is 5.16. The molecule has 0 bridgehead atoms. The lowest BCUT2D eigenvalue weighted by Gasteiger charge is -2.37. The van der Waals surface area contributed by atoms with Gasteiger partial charge in [-0.3, -0.25) is 0 Å². The summed E-state index contributed by atoms with van der Waals surface area (Å²) in [4.78, 5) is 18.6. The Morgan fingerprint density at radius 1 is 1.16 bits per heavy atom. The zero-order valence-corrected chi connectivity index (χ0v) is 15.2. The lowest BCUT2D eigenvalue weighted by atomic mass is 10.0. The number of aliphatic hydroxyl groups is 1. The van der Waals surface area contributed by atoms with Crippen LogP contribution in [0.1, 0.15) is 31.4 Å². The third kappa shape index (κ3) is 4.07. The Morgan fingerprint density at radius 3 is 2.40 bits per heavy atom. The van der Waals surface area contributed by atoms with E-state index < -0.39 is 6.10 Å². The van der Waals surface area contributed by atoms with E-state index in [9.17, 15) is 9.90 Å². The van der Waals surface area contributed by atoms with E-state index in [4.69, 9.17) is 4.74 Å².